The van der Waals surface area contributed by atoms with Gasteiger partial charge in [0.1, 0.15) is 11.3 Å². The van der Waals surface area contributed by atoms with Gasteiger partial charge in [-0.3, -0.25) is 4.79 Å². The van der Waals surface area contributed by atoms with E-state index in [0.29, 0.717) is 23.4 Å². The van der Waals surface area contributed by atoms with E-state index in [1.54, 1.807) is 13.2 Å². The second-order valence-corrected chi connectivity index (χ2v) is 7.71. The number of ether oxygens (including phenoxy) is 1. The van der Waals surface area contributed by atoms with Crippen LogP contribution in [0.2, 0.25) is 0 Å². The third kappa shape index (κ3) is 4.57. The van der Waals surface area contributed by atoms with E-state index >= 15 is 0 Å². The fourth-order valence-electron chi connectivity index (χ4n) is 3.94. The Hall–Kier alpha value is -3.86. The van der Waals surface area contributed by atoms with Gasteiger partial charge in [0, 0.05) is 23.9 Å². The van der Waals surface area contributed by atoms with Gasteiger partial charge in [-0.05, 0) is 35.7 Å². The van der Waals surface area contributed by atoms with E-state index in [9.17, 15) is 9.59 Å². The number of aryl methyl sites for hydroxylation is 1. The molecule has 4 rings (SSSR count). The molecule has 0 aliphatic heterocycles. The molecule has 0 spiro atoms. The van der Waals surface area contributed by atoms with E-state index in [1.807, 2.05) is 55.5 Å². The van der Waals surface area contributed by atoms with E-state index in [1.165, 1.54) is 0 Å². The Morgan fingerprint density at radius 1 is 0.969 bits per heavy atom. The summed E-state index contributed by atoms with van der Waals surface area (Å²) in [6.07, 6.45) is -0.0353. The third-order valence-electron chi connectivity index (χ3n) is 5.74. The van der Waals surface area contributed by atoms with Crippen molar-refractivity contribution in [3.63, 3.8) is 0 Å². The number of rotatable bonds is 7. The molecule has 0 aliphatic carbocycles. The Bertz CT molecular complexity index is 1240. The summed E-state index contributed by atoms with van der Waals surface area (Å²) in [4.78, 5) is 25.4. The lowest BCUT2D eigenvalue weighted by atomic mass is 9.91. The molecule has 1 heterocycles. The second-order valence-electron chi connectivity index (χ2n) is 7.71. The van der Waals surface area contributed by atoms with Gasteiger partial charge in [0.15, 0.2) is 0 Å². The molecule has 1 N–H and O–H groups in total. The highest BCUT2D eigenvalue weighted by atomic mass is 16.5. The zero-order valence-electron chi connectivity index (χ0n) is 18.1. The summed E-state index contributed by atoms with van der Waals surface area (Å²) in [5, 5.41) is 3.80. The van der Waals surface area contributed by atoms with Crippen LogP contribution in [0.25, 0.3) is 11.0 Å². The van der Waals surface area contributed by atoms with E-state index in [2.05, 4.69) is 29.6 Å². The average Bonchev–Trinajstić information content (AvgIpc) is 2.83. The fraction of sp³-hybridized carbons (Fsp3) is 0.185. The smallest absolute Gasteiger partial charge is 0.340 e. The van der Waals surface area contributed by atoms with Crippen LogP contribution in [0.15, 0.2) is 88.1 Å². The Balaban J connectivity index is 1.54. The van der Waals surface area contributed by atoms with Crippen molar-refractivity contribution in [2.24, 2.45) is 0 Å². The van der Waals surface area contributed by atoms with Gasteiger partial charge < -0.3 is 14.5 Å². The van der Waals surface area contributed by atoms with Gasteiger partial charge in [-0.1, -0.05) is 60.7 Å². The van der Waals surface area contributed by atoms with Crippen molar-refractivity contribution >= 4 is 16.9 Å². The predicted molar refractivity (Wildman–Crippen MR) is 125 cm³/mol. The molecule has 0 radical (unpaired) electrons. The van der Waals surface area contributed by atoms with Gasteiger partial charge in [0.25, 0.3) is 0 Å². The zero-order chi connectivity index (χ0) is 22.5. The highest BCUT2D eigenvalue weighted by Crippen LogP contribution is 2.25. The van der Waals surface area contributed by atoms with Crippen molar-refractivity contribution in [3.8, 4) is 5.75 Å². The first-order valence-electron chi connectivity index (χ1n) is 10.5. The van der Waals surface area contributed by atoms with E-state index < -0.39 is 5.63 Å². The molecule has 5 heteroatoms. The summed E-state index contributed by atoms with van der Waals surface area (Å²) in [7, 11) is 1.56. The lowest BCUT2D eigenvalue weighted by Crippen LogP contribution is -2.31. The molecule has 0 unspecified atom stereocenters. The van der Waals surface area contributed by atoms with Gasteiger partial charge in [-0.25, -0.2) is 4.79 Å². The van der Waals surface area contributed by atoms with Crippen LogP contribution in [0.4, 0.5) is 0 Å². The van der Waals surface area contributed by atoms with Gasteiger partial charge in [0.05, 0.1) is 19.1 Å². The number of hydrogen-bond acceptors (Lipinski definition) is 4. The number of fused-ring (bicyclic) bond motifs is 1. The van der Waals surface area contributed by atoms with Crippen molar-refractivity contribution in [2.45, 2.75) is 19.3 Å². The normalized spacial score (nSPS) is 11.0. The summed E-state index contributed by atoms with van der Waals surface area (Å²) in [6, 6.07) is 25.5. The molecular weight excluding hydrogens is 402 g/mol. The largest absolute Gasteiger partial charge is 0.497 e. The first-order valence-corrected chi connectivity index (χ1v) is 10.5. The molecule has 162 valence electrons. The quantitative estimate of drug-likeness (QED) is 0.438. The van der Waals surface area contributed by atoms with Gasteiger partial charge in [-0.2, -0.15) is 0 Å². The predicted octanol–water partition coefficient (Wildman–Crippen LogP) is 4.60. The standard InChI is InChI=1S/C27H25NO4/c1-18-22-14-13-21(31-2)15-25(22)32-27(30)23(18)16-26(29)28-17-24(19-9-5-3-6-10-19)20-11-7-4-8-12-20/h3-15,24H,16-17H2,1-2H3,(H,28,29). The summed E-state index contributed by atoms with van der Waals surface area (Å²) in [6.45, 7) is 2.27. The maximum atomic E-state index is 12.8. The number of benzene rings is 3. The first-order chi connectivity index (χ1) is 15.6. The molecule has 1 aromatic heterocycles. The second kappa shape index (κ2) is 9.52. The van der Waals surface area contributed by atoms with Crippen molar-refractivity contribution in [2.75, 3.05) is 13.7 Å². The molecule has 0 saturated carbocycles. The number of nitrogens with one attached hydrogen (secondary N) is 1. The highest BCUT2D eigenvalue weighted by Gasteiger charge is 2.18. The SMILES string of the molecule is COc1ccc2c(C)c(CC(=O)NCC(c3ccccc3)c3ccccc3)c(=O)oc2c1. The molecule has 1 amide bonds. The van der Waals surface area contributed by atoms with E-state index in [0.717, 1.165) is 22.1 Å². The van der Waals surface area contributed by atoms with Crippen molar-refractivity contribution in [1.82, 2.24) is 5.32 Å². The molecule has 0 saturated heterocycles. The molecule has 4 aromatic rings. The molecule has 0 aliphatic rings. The van der Waals surface area contributed by atoms with Gasteiger partial charge >= 0.3 is 5.63 Å². The Morgan fingerprint density at radius 3 is 2.19 bits per heavy atom. The number of amides is 1. The van der Waals surface area contributed by atoms with Crippen LogP contribution in [0.3, 0.4) is 0 Å². The zero-order valence-corrected chi connectivity index (χ0v) is 18.1. The van der Waals surface area contributed by atoms with E-state index in [4.69, 9.17) is 9.15 Å². The fourth-order valence-corrected chi connectivity index (χ4v) is 3.94. The van der Waals surface area contributed by atoms with Crippen molar-refractivity contribution in [1.29, 1.82) is 0 Å². The van der Waals surface area contributed by atoms with Gasteiger partial charge in [-0.15, -0.1) is 0 Å². The summed E-state index contributed by atoms with van der Waals surface area (Å²) < 4.78 is 10.7. The Kier molecular flexibility index (Phi) is 6.36. The highest BCUT2D eigenvalue weighted by molar-refractivity contribution is 5.85. The maximum Gasteiger partial charge on any atom is 0.340 e. The molecule has 3 aromatic carbocycles. The molecule has 0 atom stereocenters. The van der Waals surface area contributed by atoms with Crippen LogP contribution >= 0.6 is 0 Å². The molecular formula is C27H25NO4. The summed E-state index contributed by atoms with van der Waals surface area (Å²) >= 11 is 0. The minimum absolute atomic E-state index is 0.0166. The van der Waals surface area contributed by atoms with Gasteiger partial charge in [0.2, 0.25) is 5.91 Å². The monoisotopic (exact) mass is 427 g/mol. The number of carbonyl (C=O) groups excluding carboxylic acids is 1. The van der Waals surface area contributed by atoms with Crippen LogP contribution in [-0.4, -0.2) is 19.6 Å². The minimum Gasteiger partial charge on any atom is -0.497 e. The topological polar surface area (TPSA) is 68.5 Å². The molecule has 32 heavy (non-hydrogen) atoms. The third-order valence-corrected chi connectivity index (χ3v) is 5.74. The van der Waals surface area contributed by atoms with Crippen LogP contribution in [-0.2, 0) is 11.2 Å². The molecule has 0 bridgehead atoms. The number of carbonyl (C=O) groups is 1. The van der Waals surface area contributed by atoms with Crippen molar-refractivity contribution in [3.05, 3.63) is 112 Å². The average molecular weight is 428 g/mol. The Morgan fingerprint density at radius 2 is 1.59 bits per heavy atom. The summed E-state index contributed by atoms with van der Waals surface area (Å²) in [5.41, 5.74) is 3.31. The van der Waals surface area contributed by atoms with Crippen LogP contribution in [0.5, 0.6) is 5.75 Å². The van der Waals surface area contributed by atoms with E-state index in [-0.39, 0.29) is 18.2 Å². The van der Waals surface area contributed by atoms with Crippen LogP contribution in [0.1, 0.15) is 28.2 Å². The number of methoxy groups -OCH3 is 1. The Labute approximate surface area is 186 Å². The minimum atomic E-state index is -0.499. The number of hydrogen-bond donors (Lipinski definition) is 1. The van der Waals surface area contributed by atoms with Crippen molar-refractivity contribution < 1.29 is 13.9 Å². The molecule has 5 nitrogen and oxygen atoms in total. The maximum absolute atomic E-state index is 12.8. The van der Waals surface area contributed by atoms with Crippen LogP contribution < -0.4 is 15.7 Å². The van der Waals surface area contributed by atoms with Crippen LogP contribution in [0, 0.1) is 6.92 Å². The summed E-state index contributed by atoms with van der Waals surface area (Å²) in [5.74, 6) is 0.409. The first kappa shape index (κ1) is 21.4. The lowest BCUT2D eigenvalue weighted by molar-refractivity contribution is -0.120. The lowest BCUT2D eigenvalue weighted by Gasteiger charge is -2.19. The molecule has 0 fully saturated rings.